The molecule has 2 aromatic rings. The maximum absolute atomic E-state index is 12.4. The van der Waals surface area contributed by atoms with Crippen molar-refractivity contribution >= 4 is 17.7 Å². The van der Waals surface area contributed by atoms with Crippen LogP contribution in [-0.4, -0.2) is 53.1 Å². The van der Waals surface area contributed by atoms with Crippen molar-refractivity contribution in [1.82, 2.24) is 14.8 Å². The number of pyridine rings is 1. The second-order valence-corrected chi connectivity index (χ2v) is 7.67. The topological polar surface area (TPSA) is 36.4 Å². The Bertz CT molecular complexity index is 665. The summed E-state index contributed by atoms with van der Waals surface area (Å²) < 4.78 is 0. The minimum atomic E-state index is 0.198. The van der Waals surface area contributed by atoms with Gasteiger partial charge in [-0.1, -0.05) is 30.3 Å². The standard InChI is InChI=1S/C20H25N3OS/c1-22(20(24)16-25-19-7-10-21-11-8-19)13-18-9-12-23(15-18)14-17-5-3-2-4-6-17/h2-8,10-11,18H,9,12-16H2,1H3/t18-/m0/s1. The van der Waals surface area contributed by atoms with Crippen molar-refractivity contribution in [3.05, 3.63) is 60.4 Å². The molecule has 132 valence electrons. The molecule has 1 saturated heterocycles. The van der Waals surface area contributed by atoms with E-state index in [4.69, 9.17) is 0 Å². The number of thioether (sulfide) groups is 1. The van der Waals surface area contributed by atoms with Gasteiger partial charge in [0.05, 0.1) is 5.75 Å². The van der Waals surface area contributed by atoms with Gasteiger partial charge in [0.1, 0.15) is 0 Å². The van der Waals surface area contributed by atoms with Gasteiger partial charge in [-0.2, -0.15) is 0 Å². The van der Waals surface area contributed by atoms with Crippen LogP contribution in [0.25, 0.3) is 0 Å². The number of rotatable bonds is 7. The lowest BCUT2D eigenvalue weighted by Gasteiger charge is -2.22. The van der Waals surface area contributed by atoms with E-state index in [1.54, 1.807) is 24.2 Å². The molecular formula is C20H25N3OS. The fraction of sp³-hybridized carbons (Fsp3) is 0.400. The summed E-state index contributed by atoms with van der Waals surface area (Å²) in [6.45, 7) is 4.05. The van der Waals surface area contributed by atoms with E-state index in [9.17, 15) is 4.79 Å². The molecule has 0 spiro atoms. The van der Waals surface area contributed by atoms with E-state index in [2.05, 4.69) is 40.2 Å². The molecule has 5 heteroatoms. The first kappa shape index (κ1) is 18.0. The summed E-state index contributed by atoms with van der Waals surface area (Å²) in [5, 5.41) is 0. The van der Waals surface area contributed by atoms with Crippen LogP contribution in [0.3, 0.4) is 0 Å². The molecule has 3 rings (SSSR count). The molecule has 25 heavy (non-hydrogen) atoms. The van der Waals surface area contributed by atoms with Crippen LogP contribution in [0.1, 0.15) is 12.0 Å². The van der Waals surface area contributed by atoms with Gasteiger partial charge in [-0.05, 0) is 36.6 Å². The maximum Gasteiger partial charge on any atom is 0.232 e. The first-order chi connectivity index (χ1) is 12.2. The van der Waals surface area contributed by atoms with Crippen molar-refractivity contribution < 1.29 is 4.79 Å². The Hall–Kier alpha value is -1.85. The molecule has 0 aliphatic carbocycles. The van der Waals surface area contributed by atoms with E-state index in [-0.39, 0.29) is 5.91 Å². The molecule has 4 nitrogen and oxygen atoms in total. The first-order valence-electron chi connectivity index (χ1n) is 8.74. The first-order valence-corrected chi connectivity index (χ1v) is 9.72. The minimum Gasteiger partial charge on any atom is -0.345 e. The number of benzene rings is 1. The third-order valence-electron chi connectivity index (χ3n) is 4.59. The molecule has 0 saturated carbocycles. The van der Waals surface area contributed by atoms with Gasteiger partial charge in [-0.25, -0.2) is 0 Å². The van der Waals surface area contributed by atoms with E-state index in [0.717, 1.165) is 31.1 Å². The Balaban J connectivity index is 1.40. The quantitative estimate of drug-likeness (QED) is 0.715. The van der Waals surface area contributed by atoms with Crippen LogP contribution in [0, 0.1) is 5.92 Å². The van der Waals surface area contributed by atoms with E-state index >= 15 is 0 Å². The molecule has 0 radical (unpaired) electrons. The molecule has 1 aliphatic rings. The molecule has 0 unspecified atom stereocenters. The number of likely N-dealkylation sites (tertiary alicyclic amines) is 1. The van der Waals surface area contributed by atoms with Crippen LogP contribution in [0.15, 0.2) is 59.8 Å². The summed E-state index contributed by atoms with van der Waals surface area (Å²) in [6, 6.07) is 14.5. The number of nitrogens with zero attached hydrogens (tertiary/aromatic N) is 3. The molecule has 1 amide bonds. The van der Waals surface area contributed by atoms with Gasteiger partial charge < -0.3 is 4.90 Å². The maximum atomic E-state index is 12.4. The Morgan fingerprint density at radius 2 is 2.00 bits per heavy atom. The second kappa shape index (κ2) is 9.02. The average Bonchev–Trinajstić information content (AvgIpc) is 3.08. The van der Waals surface area contributed by atoms with E-state index < -0.39 is 0 Å². The van der Waals surface area contributed by atoms with Crippen LogP contribution in [0.5, 0.6) is 0 Å². The molecule has 1 aliphatic heterocycles. The van der Waals surface area contributed by atoms with Gasteiger partial charge in [-0.3, -0.25) is 14.7 Å². The molecular weight excluding hydrogens is 330 g/mol. The van der Waals surface area contributed by atoms with Gasteiger partial charge in [0.2, 0.25) is 5.91 Å². The second-order valence-electron chi connectivity index (χ2n) is 6.62. The molecule has 1 atom stereocenters. The highest BCUT2D eigenvalue weighted by molar-refractivity contribution is 8.00. The van der Waals surface area contributed by atoms with Crippen LogP contribution in [0.2, 0.25) is 0 Å². The third-order valence-corrected chi connectivity index (χ3v) is 5.59. The van der Waals surface area contributed by atoms with Crippen molar-refractivity contribution in [3.8, 4) is 0 Å². The van der Waals surface area contributed by atoms with Gasteiger partial charge in [0, 0.05) is 44.0 Å². The number of hydrogen-bond donors (Lipinski definition) is 0. The van der Waals surface area contributed by atoms with Crippen molar-refractivity contribution in [3.63, 3.8) is 0 Å². The summed E-state index contributed by atoms with van der Waals surface area (Å²) in [5.41, 5.74) is 1.36. The molecule has 1 aromatic heterocycles. The Kier molecular flexibility index (Phi) is 6.48. The predicted molar refractivity (Wildman–Crippen MR) is 102 cm³/mol. The lowest BCUT2D eigenvalue weighted by atomic mass is 10.1. The summed E-state index contributed by atoms with van der Waals surface area (Å²) in [5.74, 6) is 1.26. The van der Waals surface area contributed by atoms with Crippen LogP contribution in [-0.2, 0) is 11.3 Å². The number of carbonyl (C=O) groups is 1. The van der Waals surface area contributed by atoms with Gasteiger partial charge in [-0.15, -0.1) is 11.8 Å². The zero-order valence-corrected chi connectivity index (χ0v) is 15.5. The largest absolute Gasteiger partial charge is 0.345 e. The van der Waals surface area contributed by atoms with Crippen LogP contribution < -0.4 is 0 Å². The summed E-state index contributed by atoms with van der Waals surface area (Å²) in [7, 11) is 1.93. The SMILES string of the molecule is CN(C[C@@H]1CCN(Cc2ccccc2)C1)C(=O)CSc1ccncc1. The average molecular weight is 356 g/mol. The van der Waals surface area contributed by atoms with Crippen molar-refractivity contribution in [1.29, 1.82) is 0 Å². The van der Waals surface area contributed by atoms with Gasteiger partial charge >= 0.3 is 0 Å². The monoisotopic (exact) mass is 355 g/mol. The molecule has 2 heterocycles. The number of carbonyl (C=O) groups excluding carboxylic acids is 1. The number of hydrogen-bond acceptors (Lipinski definition) is 4. The lowest BCUT2D eigenvalue weighted by molar-refractivity contribution is -0.127. The normalized spacial score (nSPS) is 17.6. The van der Waals surface area contributed by atoms with Crippen LogP contribution >= 0.6 is 11.8 Å². The molecule has 0 N–H and O–H groups in total. The summed E-state index contributed by atoms with van der Waals surface area (Å²) in [4.78, 5) is 21.8. The van der Waals surface area contributed by atoms with Crippen molar-refractivity contribution in [2.24, 2.45) is 5.92 Å². The lowest BCUT2D eigenvalue weighted by Crippen LogP contribution is -2.34. The smallest absolute Gasteiger partial charge is 0.232 e. The summed E-state index contributed by atoms with van der Waals surface area (Å²) in [6.07, 6.45) is 4.69. The van der Waals surface area contributed by atoms with Crippen molar-refractivity contribution in [2.75, 3.05) is 32.4 Å². The Labute approximate surface area is 154 Å². The zero-order valence-electron chi connectivity index (χ0n) is 14.7. The van der Waals surface area contributed by atoms with E-state index in [1.807, 2.05) is 24.1 Å². The highest BCUT2D eigenvalue weighted by Gasteiger charge is 2.24. The highest BCUT2D eigenvalue weighted by Crippen LogP contribution is 2.21. The molecule has 1 aromatic carbocycles. The van der Waals surface area contributed by atoms with Gasteiger partial charge in [0.25, 0.3) is 0 Å². The summed E-state index contributed by atoms with van der Waals surface area (Å²) >= 11 is 1.58. The van der Waals surface area contributed by atoms with E-state index in [0.29, 0.717) is 11.7 Å². The fourth-order valence-corrected chi connectivity index (χ4v) is 4.05. The van der Waals surface area contributed by atoms with Crippen molar-refractivity contribution in [2.45, 2.75) is 17.9 Å². The van der Waals surface area contributed by atoms with Gasteiger partial charge in [0.15, 0.2) is 0 Å². The minimum absolute atomic E-state index is 0.198. The molecule has 0 bridgehead atoms. The fourth-order valence-electron chi connectivity index (χ4n) is 3.23. The number of aromatic nitrogens is 1. The Morgan fingerprint density at radius 3 is 2.76 bits per heavy atom. The van der Waals surface area contributed by atoms with E-state index in [1.165, 1.54) is 12.0 Å². The molecule has 1 fully saturated rings. The number of amides is 1. The predicted octanol–water partition coefficient (Wildman–Crippen LogP) is 3.15. The highest BCUT2D eigenvalue weighted by atomic mass is 32.2. The third kappa shape index (κ3) is 5.58. The van der Waals surface area contributed by atoms with Crippen LogP contribution in [0.4, 0.5) is 0 Å². The Morgan fingerprint density at radius 1 is 1.24 bits per heavy atom. The zero-order chi connectivity index (χ0) is 17.5.